The second-order valence-corrected chi connectivity index (χ2v) is 4.52. The van der Waals surface area contributed by atoms with Crippen molar-refractivity contribution in [2.45, 2.75) is 13.5 Å². The molecule has 0 amide bonds. The van der Waals surface area contributed by atoms with E-state index in [1.807, 2.05) is 36.4 Å². The molecule has 3 aromatic rings. The number of aromatic nitrogens is 2. The number of hydrogen-bond acceptors (Lipinski definition) is 1. The van der Waals surface area contributed by atoms with Crippen molar-refractivity contribution in [3.8, 4) is 0 Å². The van der Waals surface area contributed by atoms with Crippen LogP contribution in [0.1, 0.15) is 11.1 Å². The number of H-pyrrole nitrogens is 1. The van der Waals surface area contributed by atoms with E-state index in [9.17, 15) is 4.79 Å². The molecule has 0 unspecified atom stereocenters. The molecule has 0 fully saturated rings. The highest BCUT2D eigenvalue weighted by molar-refractivity contribution is 5.75. The number of aromatic amines is 1. The molecule has 0 aliphatic carbocycles. The Kier molecular flexibility index (Phi) is 2.52. The van der Waals surface area contributed by atoms with Crippen molar-refractivity contribution in [2.24, 2.45) is 0 Å². The lowest BCUT2D eigenvalue weighted by Crippen LogP contribution is -2.17. The predicted octanol–water partition coefficient (Wildman–Crippen LogP) is 2.69. The number of benzene rings is 2. The summed E-state index contributed by atoms with van der Waals surface area (Å²) in [6.45, 7) is 2.66. The van der Waals surface area contributed by atoms with E-state index in [1.165, 1.54) is 5.56 Å². The Labute approximate surface area is 105 Å². The van der Waals surface area contributed by atoms with Gasteiger partial charge in [0.05, 0.1) is 17.6 Å². The van der Waals surface area contributed by atoms with Gasteiger partial charge in [0.15, 0.2) is 0 Å². The van der Waals surface area contributed by atoms with Crippen molar-refractivity contribution >= 4 is 11.0 Å². The number of rotatable bonds is 2. The van der Waals surface area contributed by atoms with Crippen LogP contribution in [0, 0.1) is 6.92 Å². The number of imidazole rings is 1. The fourth-order valence-electron chi connectivity index (χ4n) is 2.26. The van der Waals surface area contributed by atoms with Crippen molar-refractivity contribution in [2.75, 3.05) is 0 Å². The quantitative estimate of drug-likeness (QED) is 0.732. The van der Waals surface area contributed by atoms with E-state index in [2.05, 4.69) is 24.0 Å². The maximum absolute atomic E-state index is 11.9. The largest absolute Gasteiger partial charge is 0.326 e. The summed E-state index contributed by atoms with van der Waals surface area (Å²) in [6.07, 6.45) is 0. The topological polar surface area (TPSA) is 37.8 Å². The van der Waals surface area contributed by atoms with Crippen LogP contribution < -0.4 is 5.69 Å². The molecule has 0 saturated carbocycles. The average molecular weight is 238 g/mol. The first-order valence-electron chi connectivity index (χ1n) is 5.97. The summed E-state index contributed by atoms with van der Waals surface area (Å²) in [5, 5.41) is 0. The maximum atomic E-state index is 11.9. The van der Waals surface area contributed by atoms with Gasteiger partial charge in [0.25, 0.3) is 0 Å². The van der Waals surface area contributed by atoms with Crippen molar-refractivity contribution in [1.29, 1.82) is 0 Å². The summed E-state index contributed by atoms with van der Waals surface area (Å²) in [6, 6.07) is 16.0. The van der Waals surface area contributed by atoms with Crippen molar-refractivity contribution in [3.05, 3.63) is 70.1 Å². The summed E-state index contributed by atoms with van der Waals surface area (Å²) in [5.74, 6) is 0. The van der Waals surface area contributed by atoms with E-state index in [-0.39, 0.29) is 5.69 Å². The van der Waals surface area contributed by atoms with Crippen LogP contribution in [-0.4, -0.2) is 9.55 Å². The molecule has 0 saturated heterocycles. The summed E-state index contributed by atoms with van der Waals surface area (Å²) in [4.78, 5) is 14.8. The van der Waals surface area contributed by atoms with Crippen LogP contribution in [0.25, 0.3) is 11.0 Å². The van der Waals surface area contributed by atoms with Crippen LogP contribution >= 0.6 is 0 Å². The van der Waals surface area contributed by atoms with Gasteiger partial charge in [-0.15, -0.1) is 0 Å². The van der Waals surface area contributed by atoms with Gasteiger partial charge >= 0.3 is 5.69 Å². The van der Waals surface area contributed by atoms with Gasteiger partial charge in [-0.05, 0) is 24.6 Å². The van der Waals surface area contributed by atoms with Gasteiger partial charge in [-0.1, -0.05) is 42.0 Å². The Bertz CT molecular complexity index is 752. The number of nitrogens with one attached hydrogen (secondary N) is 1. The van der Waals surface area contributed by atoms with Crippen molar-refractivity contribution in [3.63, 3.8) is 0 Å². The fourth-order valence-corrected chi connectivity index (χ4v) is 2.26. The van der Waals surface area contributed by atoms with E-state index in [4.69, 9.17) is 0 Å². The lowest BCUT2D eigenvalue weighted by atomic mass is 10.1. The number of hydrogen-bond donors (Lipinski definition) is 1. The molecule has 3 heteroatoms. The molecule has 0 bridgehead atoms. The number of para-hydroxylation sites is 2. The second kappa shape index (κ2) is 4.18. The molecule has 2 aromatic carbocycles. The molecule has 0 aliphatic rings. The van der Waals surface area contributed by atoms with E-state index in [1.54, 1.807) is 4.57 Å². The first-order chi connectivity index (χ1) is 8.74. The molecule has 18 heavy (non-hydrogen) atoms. The van der Waals surface area contributed by atoms with Crippen molar-refractivity contribution in [1.82, 2.24) is 9.55 Å². The first-order valence-corrected chi connectivity index (χ1v) is 5.97. The van der Waals surface area contributed by atoms with Gasteiger partial charge in [-0.2, -0.15) is 0 Å². The van der Waals surface area contributed by atoms with E-state index < -0.39 is 0 Å². The minimum absolute atomic E-state index is 0.0577. The Balaban J connectivity index is 2.10. The molecule has 0 atom stereocenters. The van der Waals surface area contributed by atoms with Crippen LogP contribution in [0.4, 0.5) is 0 Å². The van der Waals surface area contributed by atoms with Gasteiger partial charge in [0.2, 0.25) is 0 Å². The van der Waals surface area contributed by atoms with Crippen LogP contribution in [-0.2, 0) is 6.54 Å². The Hall–Kier alpha value is -2.29. The van der Waals surface area contributed by atoms with Crippen LogP contribution in [0.3, 0.4) is 0 Å². The lowest BCUT2D eigenvalue weighted by Gasteiger charge is -2.04. The van der Waals surface area contributed by atoms with E-state index in [0.29, 0.717) is 6.54 Å². The van der Waals surface area contributed by atoms with E-state index in [0.717, 1.165) is 16.6 Å². The zero-order valence-electron chi connectivity index (χ0n) is 10.2. The Morgan fingerprint density at radius 2 is 1.94 bits per heavy atom. The first kappa shape index (κ1) is 10.8. The lowest BCUT2D eigenvalue weighted by molar-refractivity contribution is 0.786. The SMILES string of the molecule is Cc1cccc(Cn2c(=O)[nH]c3ccccc32)c1. The smallest absolute Gasteiger partial charge is 0.306 e. The van der Waals surface area contributed by atoms with Gasteiger partial charge < -0.3 is 4.98 Å². The maximum Gasteiger partial charge on any atom is 0.326 e. The van der Waals surface area contributed by atoms with Crippen molar-refractivity contribution < 1.29 is 0 Å². The summed E-state index contributed by atoms with van der Waals surface area (Å²) < 4.78 is 1.77. The second-order valence-electron chi connectivity index (χ2n) is 4.52. The third-order valence-electron chi connectivity index (χ3n) is 3.10. The monoisotopic (exact) mass is 238 g/mol. The fraction of sp³-hybridized carbons (Fsp3) is 0.133. The summed E-state index contributed by atoms with van der Waals surface area (Å²) in [7, 11) is 0. The molecular weight excluding hydrogens is 224 g/mol. The Morgan fingerprint density at radius 3 is 2.78 bits per heavy atom. The standard InChI is InChI=1S/C15H14N2O/c1-11-5-4-6-12(9-11)10-17-14-8-3-2-7-13(14)16-15(17)18/h2-9H,10H2,1H3,(H,16,18). The molecule has 0 spiro atoms. The van der Waals surface area contributed by atoms with Gasteiger partial charge in [-0.3, -0.25) is 4.57 Å². The molecule has 0 radical (unpaired) electrons. The highest BCUT2D eigenvalue weighted by Crippen LogP contribution is 2.12. The number of aryl methyl sites for hydroxylation is 1. The van der Waals surface area contributed by atoms with E-state index >= 15 is 0 Å². The molecule has 3 nitrogen and oxygen atoms in total. The van der Waals surface area contributed by atoms with Gasteiger partial charge in [0.1, 0.15) is 0 Å². The molecular formula is C15H14N2O. The molecule has 90 valence electrons. The number of fused-ring (bicyclic) bond motifs is 1. The molecule has 3 rings (SSSR count). The average Bonchev–Trinajstić information content (AvgIpc) is 2.66. The highest BCUT2D eigenvalue weighted by atomic mass is 16.1. The normalized spacial score (nSPS) is 10.9. The third kappa shape index (κ3) is 1.84. The van der Waals surface area contributed by atoms with Gasteiger partial charge in [-0.25, -0.2) is 4.79 Å². The molecule has 1 N–H and O–H groups in total. The molecule has 0 aliphatic heterocycles. The zero-order valence-corrected chi connectivity index (χ0v) is 10.2. The van der Waals surface area contributed by atoms with Crippen LogP contribution in [0.5, 0.6) is 0 Å². The van der Waals surface area contributed by atoms with Crippen LogP contribution in [0.15, 0.2) is 53.3 Å². The zero-order chi connectivity index (χ0) is 12.5. The highest BCUT2D eigenvalue weighted by Gasteiger charge is 2.06. The molecule has 1 heterocycles. The van der Waals surface area contributed by atoms with Crippen LogP contribution in [0.2, 0.25) is 0 Å². The molecule has 1 aromatic heterocycles. The summed E-state index contributed by atoms with van der Waals surface area (Å²) in [5.41, 5.74) is 4.12. The summed E-state index contributed by atoms with van der Waals surface area (Å²) >= 11 is 0. The third-order valence-corrected chi connectivity index (χ3v) is 3.10. The predicted molar refractivity (Wildman–Crippen MR) is 72.8 cm³/mol. The Morgan fingerprint density at radius 1 is 1.11 bits per heavy atom. The number of nitrogens with zero attached hydrogens (tertiary/aromatic N) is 1. The minimum Gasteiger partial charge on any atom is -0.306 e. The van der Waals surface area contributed by atoms with Gasteiger partial charge in [0, 0.05) is 0 Å². The minimum atomic E-state index is -0.0577.